The third-order valence-electron chi connectivity index (χ3n) is 2.43. The molecular formula is C14H18N2O3. The molecule has 5 nitrogen and oxygen atoms in total. The molecule has 0 unspecified atom stereocenters. The molecule has 0 heterocycles. The molecule has 1 rings (SSSR count). The van der Waals surface area contributed by atoms with Crippen molar-refractivity contribution in [2.75, 3.05) is 27.3 Å². The molecule has 0 atom stereocenters. The third kappa shape index (κ3) is 5.35. The zero-order chi connectivity index (χ0) is 14.1. The Morgan fingerprint density at radius 2 is 1.95 bits per heavy atom. The van der Waals surface area contributed by atoms with Gasteiger partial charge in [-0.1, -0.05) is 12.1 Å². The average molecular weight is 262 g/mol. The van der Waals surface area contributed by atoms with E-state index in [1.165, 1.54) is 6.08 Å². The summed E-state index contributed by atoms with van der Waals surface area (Å²) < 4.78 is 4.82. The van der Waals surface area contributed by atoms with E-state index in [0.29, 0.717) is 18.7 Å². The van der Waals surface area contributed by atoms with E-state index < -0.39 is 0 Å². The minimum Gasteiger partial charge on any atom is -0.383 e. The van der Waals surface area contributed by atoms with Gasteiger partial charge in [0.2, 0.25) is 5.91 Å². The summed E-state index contributed by atoms with van der Waals surface area (Å²) in [5, 5.41) is 5.22. The lowest BCUT2D eigenvalue weighted by Crippen LogP contribution is -2.24. The fraction of sp³-hybridized carbons (Fsp3) is 0.286. The van der Waals surface area contributed by atoms with Crippen LogP contribution in [0.4, 0.5) is 0 Å². The van der Waals surface area contributed by atoms with Gasteiger partial charge in [0.05, 0.1) is 6.61 Å². The van der Waals surface area contributed by atoms with E-state index in [1.54, 1.807) is 44.5 Å². The van der Waals surface area contributed by atoms with Crippen LogP contribution in [0, 0.1) is 0 Å². The predicted octanol–water partition coefficient (Wildman–Crippen LogP) is 0.822. The molecule has 0 aliphatic carbocycles. The Bertz CT molecular complexity index is 452. The predicted molar refractivity (Wildman–Crippen MR) is 73.8 cm³/mol. The van der Waals surface area contributed by atoms with Crippen molar-refractivity contribution in [3.05, 3.63) is 41.5 Å². The van der Waals surface area contributed by atoms with E-state index in [0.717, 1.165) is 5.56 Å². The maximum Gasteiger partial charge on any atom is 0.251 e. The number of ether oxygens (including phenoxy) is 1. The highest BCUT2D eigenvalue weighted by Crippen LogP contribution is 2.06. The van der Waals surface area contributed by atoms with Crippen LogP contribution in [0.3, 0.4) is 0 Å². The first kappa shape index (κ1) is 14.9. The second kappa shape index (κ2) is 8.05. The van der Waals surface area contributed by atoms with Crippen molar-refractivity contribution in [2.24, 2.45) is 0 Å². The lowest BCUT2D eigenvalue weighted by atomic mass is 10.1. The second-order valence-electron chi connectivity index (χ2n) is 3.82. The van der Waals surface area contributed by atoms with Gasteiger partial charge in [0.1, 0.15) is 0 Å². The molecule has 1 aromatic carbocycles. The highest BCUT2D eigenvalue weighted by Gasteiger charge is 2.01. The van der Waals surface area contributed by atoms with Gasteiger partial charge >= 0.3 is 0 Å². The minimum absolute atomic E-state index is 0.132. The summed E-state index contributed by atoms with van der Waals surface area (Å²) in [6, 6.07) is 6.98. The standard InChI is InChI=1S/C14H18N2O3/c1-15-14(18)12-6-3-11(4-7-12)5-8-13(17)16-9-10-19-2/h3-8H,9-10H2,1-2H3,(H,15,18)(H,16,17)/b8-5+. The Morgan fingerprint density at radius 3 is 2.53 bits per heavy atom. The number of hydrogen-bond acceptors (Lipinski definition) is 3. The van der Waals surface area contributed by atoms with Crippen molar-refractivity contribution in [1.82, 2.24) is 10.6 Å². The van der Waals surface area contributed by atoms with E-state index in [4.69, 9.17) is 4.74 Å². The molecule has 0 saturated heterocycles. The first-order chi connectivity index (χ1) is 9.17. The van der Waals surface area contributed by atoms with E-state index >= 15 is 0 Å². The molecule has 19 heavy (non-hydrogen) atoms. The monoisotopic (exact) mass is 262 g/mol. The molecule has 0 radical (unpaired) electrons. The lowest BCUT2D eigenvalue weighted by Gasteiger charge is -2.01. The maximum absolute atomic E-state index is 11.4. The van der Waals surface area contributed by atoms with Crippen LogP contribution >= 0.6 is 0 Å². The number of carbonyl (C=O) groups is 2. The van der Waals surface area contributed by atoms with E-state index in [1.807, 2.05) is 0 Å². The van der Waals surface area contributed by atoms with Crippen LogP contribution in [0.5, 0.6) is 0 Å². The second-order valence-corrected chi connectivity index (χ2v) is 3.82. The zero-order valence-electron chi connectivity index (χ0n) is 11.1. The maximum atomic E-state index is 11.4. The molecule has 2 amide bonds. The van der Waals surface area contributed by atoms with Crippen LogP contribution in [0.1, 0.15) is 15.9 Å². The first-order valence-electron chi connectivity index (χ1n) is 5.94. The van der Waals surface area contributed by atoms with Gasteiger partial charge in [0.15, 0.2) is 0 Å². The van der Waals surface area contributed by atoms with Gasteiger partial charge in [-0.15, -0.1) is 0 Å². The number of rotatable bonds is 6. The summed E-state index contributed by atoms with van der Waals surface area (Å²) in [6.07, 6.45) is 3.14. The van der Waals surface area contributed by atoms with Crippen LogP contribution in [0.15, 0.2) is 30.3 Å². The SMILES string of the molecule is CNC(=O)c1ccc(/C=C/C(=O)NCCOC)cc1. The number of amides is 2. The molecule has 0 bridgehead atoms. The molecule has 0 aliphatic heterocycles. The van der Waals surface area contributed by atoms with Crippen molar-refractivity contribution in [1.29, 1.82) is 0 Å². The van der Waals surface area contributed by atoms with Crippen molar-refractivity contribution in [3.63, 3.8) is 0 Å². The smallest absolute Gasteiger partial charge is 0.251 e. The number of benzene rings is 1. The van der Waals surface area contributed by atoms with Crippen molar-refractivity contribution < 1.29 is 14.3 Å². The van der Waals surface area contributed by atoms with Crippen LogP contribution in [0.25, 0.3) is 6.08 Å². The van der Waals surface area contributed by atoms with Gasteiger partial charge in [0.25, 0.3) is 5.91 Å². The van der Waals surface area contributed by atoms with E-state index in [2.05, 4.69) is 10.6 Å². The third-order valence-corrected chi connectivity index (χ3v) is 2.43. The van der Waals surface area contributed by atoms with Crippen molar-refractivity contribution in [3.8, 4) is 0 Å². The molecule has 1 aromatic rings. The van der Waals surface area contributed by atoms with Gasteiger partial charge < -0.3 is 15.4 Å². The topological polar surface area (TPSA) is 67.4 Å². The molecular weight excluding hydrogens is 244 g/mol. The Hall–Kier alpha value is -2.14. The Balaban J connectivity index is 2.53. The van der Waals surface area contributed by atoms with Crippen LogP contribution < -0.4 is 10.6 Å². The Kier molecular flexibility index (Phi) is 6.32. The molecule has 2 N–H and O–H groups in total. The fourth-order valence-electron chi connectivity index (χ4n) is 1.40. The largest absolute Gasteiger partial charge is 0.383 e. The summed E-state index contributed by atoms with van der Waals surface area (Å²) in [5.41, 5.74) is 1.44. The molecule has 0 aromatic heterocycles. The van der Waals surface area contributed by atoms with E-state index in [-0.39, 0.29) is 11.8 Å². The normalized spacial score (nSPS) is 10.4. The molecule has 102 valence electrons. The number of carbonyl (C=O) groups excluding carboxylic acids is 2. The van der Waals surface area contributed by atoms with Gasteiger partial charge in [-0.25, -0.2) is 0 Å². The van der Waals surface area contributed by atoms with E-state index in [9.17, 15) is 9.59 Å². The average Bonchev–Trinajstić information content (AvgIpc) is 2.45. The van der Waals surface area contributed by atoms with Gasteiger partial charge in [-0.05, 0) is 23.8 Å². The summed E-state index contributed by atoms with van der Waals surface area (Å²) in [4.78, 5) is 22.7. The lowest BCUT2D eigenvalue weighted by molar-refractivity contribution is -0.116. The summed E-state index contributed by atoms with van der Waals surface area (Å²) in [5.74, 6) is -0.305. The van der Waals surface area contributed by atoms with Gasteiger partial charge in [-0.3, -0.25) is 9.59 Å². The molecule has 0 fully saturated rings. The van der Waals surface area contributed by atoms with Gasteiger partial charge in [0, 0.05) is 32.3 Å². The Labute approximate surface area is 112 Å². The Morgan fingerprint density at radius 1 is 1.26 bits per heavy atom. The molecule has 5 heteroatoms. The summed E-state index contributed by atoms with van der Waals surface area (Å²) in [7, 11) is 3.16. The van der Waals surface area contributed by atoms with Crippen LogP contribution in [0.2, 0.25) is 0 Å². The van der Waals surface area contributed by atoms with Crippen molar-refractivity contribution >= 4 is 17.9 Å². The quantitative estimate of drug-likeness (QED) is 0.589. The number of nitrogens with one attached hydrogen (secondary N) is 2. The highest BCUT2D eigenvalue weighted by molar-refractivity contribution is 5.94. The summed E-state index contributed by atoms with van der Waals surface area (Å²) >= 11 is 0. The minimum atomic E-state index is -0.174. The molecule has 0 spiro atoms. The van der Waals surface area contributed by atoms with Crippen LogP contribution in [-0.4, -0.2) is 39.1 Å². The highest BCUT2D eigenvalue weighted by atomic mass is 16.5. The van der Waals surface area contributed by atoms with Crippen LogP contribution in [-0.2, 0) is 9.53 Å². The van der Waals surface area contributed by atoms with Crippen molar-refractivity contribution in [2.45, 2.75) is 0 Å². The molecule has 0 saturated carbocycles. The number of hydrogen-bond donors (Lipinski definition) is 2. The zero-order valence-corrected chi connectivity index (χ0v) is 11.1. The molecule has 0 aliphatic rings. The number of methoxy groups -OCH3 is 1. The van der Waals surface area contributed by atoms with Gasteiger partial charge in [-0.2, -0.15) is 0 Å². The first-order valence-corrected chi connectivity index (χ1v) is 5.94. The summed E-state index contributed by atoms with van der Waals surface area (Å²) in [6.45, 7) is 0.968. The fourth-order valence-corrected chi connectivity index (χ4v) is 1.40.